The van der Waals surface area contributed by atoms with Crippen LogP contribution in [0.25, 0.3) is 23.0 Å². The molecule has 3 rings (SSSR count). The molecule has 7 heteroatoms. The van der Waals surface area contributed by atoms with Crippen molar-refractivity contribution in [2.24, 2.45) is 0 Å². The van der Waals surface area contributed by atoms with Crippen LogP contribution in [0.5, 0.6) is 11.5 Å². The van der Waals surface area contributed by atoms with Crippen LogP contribution in [-0.4, -0.2) is 25.3 Å². The fourth-order valence-corrected chi connectivity index (χ4v) is 1.65. The van der Waals surface area contributed by atoms with E-state index in [0.29, 0.717) is 5.69 Å². The Kier molecular flexibility index (Phi) is 2.79. The fourth-order valence-electron chi connectivity index (χ4n) is 1.65. The van der Waals surface area contributed by atoms with Gasteiger partial charge in [0.1, 0.15) is 23.0 Å². The van der Waals surface area contributed by atoms with Crippen molar-refractivity contribution >= 4 is 0 Å². The normalized spacial score (nSPS) is 10.7. The Balaban J connectivity index is 1.99. The Labute approximate surface area is 112 Å². The second-order valence-corrected chi connectivity index (χ2v) is 3.99. The smallest absolute Gasteiger partial charge is 0.262 e. The average Bonchev–Trinajstić information content (AvgIpc) is 2.89. The monoisotopic (exact) mass is 273 g/mol. The quantitative estimate of drug-likeness (QED) is 0.744. The highest BCUT2D eigenvalue weighted by atomic mass is 19.1. The molecule has 0 aliphatic heterocycles. The summed E-state index contributed by atoms with van der Waals surface area (Å²) in [4.78, 5) is 7.90. The molecule has 100 valence electrons. The van der Waals surface area contributed by atoms with Crippen molar-refractivity contribution in [3.63, 3.8) is 0 Å². The van der Waals surface area contributed by atoms with Crippen LogP contribution >= 0.6 is 0 Å². The summed E-state index contributed by atoms with van der Waals surface area (Å²) in [5, 5.41) is 22.6. The van der Waals surface area contributed by atoms with E-state index in [1.807, 2.05) is 0 Å². The topological polar surface area (TPSA) is 92.3 Å². The van der Waals surface area contributed by atoms with Gasteiger partial charge in [0.25, 0.3) is 5.89 Å². The maximum absolute atomic E-state index is 12.8. The van der Waals surface area contributed by atoms with Crippen LogP contribution in [0.3, 0.4) is 0 Å². The van der Waals surface area contributed by atoms with Crippen molar-refractivity contribution in [1.82, 2.24) is 15.1 Å². The number of rotatable bonds is 2. The number of hydrogen-bond donors (Lipinski definition) is 2. The number of pyridine rings is 1. The molecule has 2 aromatic heterocycles. The van der Waals surface area contributed by atoms with E-state index in [1.54, 1.807) is 0 Å². The van der Waals surface area contributed by atoms with Crippen molar-refractivity contribution < 1.29 is 19.1 Å². The van der Waals surface area contributed by atoms with Gasteiger partial charge in [0.05, 0.1) is 11.8 Å². The molecule has 0 aliphatic carbocycles. The molecule has 0 atom stereocenters. The molecule has 2 heterocycles. The van der Waals surface area contributed by atoms with E-state index in [0.717, 1.165) is 12.3 Å². The summed E-state index contributed by atoms with van der Waals surface area (Å²) in [5.41, 5.74) is 0.628. The molecular weight excluding hydrogens is 265 g/mol. The molecule has 0 radical (unpaired) electrons. The summed E-state index contributed by atoms with van der Waals surface area (Å²) >= 11 is 0. The van der Waals surface area contributed by atoms with Gasteiger partial charge in [-0.1, -0.05) is 5.16 Å². The van der Waals surface area contributed by atoms with E-state index in [4.69, 9.17) is 4.52 Å². The third-order valence-corrected chi connectivity index (χ3v) is 2.59. The van der Waals surface area contributed by atoms with Gasteiger partial charge in [0.15, 0.2) is 0 Å². The van der Waals surface area contributed by atoms with Gasteiger partial charge < -0.3 is 14.7 Å². The summed E-state index contributed by atoms with van der Waals surface area (Å²) in [7, 11) is 0. The highest BCUT2D eigenvalue weighted by Crippen LogP contribution is 2.31. The van der Waals surface area contributed by atoms with Gasteiger partial charge in [-0.15, -0.1) is 0 Å². The maximum atomic E-state index is 12.8. The first-order valence-electron chi connectivity index (χ1n) is 5.61. The Hall–Kier alpha value is -2.96. The van der Waals surface area contributed by atoms with Crippen LogP contribution in [0.1, 0.15) is 0 Å². The van der Waals surface area contributed by atoms with Gasteiger partial charge in [-0.2, -0.15) is 4.98 Å². The maximum Gasteiger partial charge on any atom is 0.262 e. The lowest BCUT2D eigenvalue weighted by Crippen LogP contribution is -1.86. The minimum absolute atomic E-state index is 0.0728. The van der Waals surface area contributed by atoms with E-state index in [1.165, 1.54) is 24.3 Å². The van der Waals surface area contributed by atoms with Crippen molar-refractivity contribution in [2.45, 2.75) is 0 Å². The molecule has 0 saturated heterocycles. The SMILES string of the molecule is Oc1ccc(-c2nc(-c3ccc(F)cn3)no2)c(O)c1. The number of phenolic OH excluding ortho intramolecular Hbond substituents is 2. The lowest BCUT2D eigenvalue weighted by atomic mass is 10.2. The number of benzene rings is 1. The lowest BCUT2D eigenvalue weighted by molar-refractivity contribution is 0.423. The number of nitrogens with zero attached hydrogens (tertiary/aromatic N) is 3. The Bertz CT molecular complexity index is 756. The molecule has 0 amide bonds. The minimum Gasteiger partial charge on any atom is -0.508 e. The number of hydrogen-bond acceptors (Lipinski definition) is 6. The predicted octanol–water partition coefficient (Wildman–Crippen LogP) is 2.35. The van der Waals surface area contributed by atoms with E-state index in [9.17, 15) is 14.6 Å². The van der Waals surface area contributed by atoms with E-state index >= 15 is 0 Å². The zero-order chi connectivity index (χ0) is 14.1. The summed E-state index contributed by atoms with van der Waals surface area (Å²) in [6.45, 7) is 0. The highest BCUT2D eigenvalue weighted by Gasteiger charge is 2.15. The lowest BCUT2D eigenvalue weighted by Gasteiger charge is -1.99. The number of aromatic nitrogens is 3. The second-order valence-electron chi connectivity index (χ2n) is 3.99. The van der Waals surface area contributed by atoms with Crippen LogP contribution in [0, 0.1) is 5.82 Å². The summed E-state index contributed by atoms with van der Waals surface area (Å²) < 4.78 is 17.8. The molecule has 0 bridgehead atoms. The molecule has 0 fully saturated rings. The van der Waals surface area contributed by atoms with Crippen molar-refractivity contribution in [3.8, 4) is 34.5 Å². The van der Waals surface area contributed by atoms with Gasteiger partial charge in [-0.25, -0.2) is 9.37 Å². The van der Waals surface area contributed by atoms with Crippen molar-refractivity contribution in [2.75, 3.05) is 0 Å². The fraction of sp³-hybridized carbons (Fsp3) is 0. The van der Waals surface area contributed by atoms with Gasteiger partial charge in [-0.3, -0.25) is 0 Å². The molecule has 0 unspecified atom stereocenters. The van der Waals surface area contributed by atoms with Gasteiger partial charge >= 0.3 is 0 Å². The predicted molar refractivity (Wildman–Crippen MR) is 66.3 cm³/mol. The summed E-state index contributed by atoms with van der Waals surface area (Å²) in [6, 6.07) is 6.64. The van der Waals surface area contributed by atoms with Crippen LogP contribution in [0.4, 0.5) is 4.39 Å². The first-order valence-corrected chi connectivity index (χ1v) is 5.61. The number of halogens is 1. The van der Waals surface area contributed by atoms with Crippen molar-refractivity contribution in [3.05, 3.63) is 42.3 Å². The average molecular weight is 273 g/mol. The summed E-state index contributed by atoms with van der Waals surface area (Å²) in [6.07, 6.45) is 1.05. The van der Waals surface area contributed by atoms with Crippen LogP contribution in [0.15, 0.2) is 41.1 Å². The largest absolute Gasteiger partial charge is 0.508 e. The molecule has 2 N–H and O–H groups in total. The second kappa shape index (κ2) is 4.61. The molecule has 6 nitrogen and oxygen atoms in total. The van der Waals surface area contributed by atoms with E-state index in [2.05, 4.69) is 15.1 Å². The van der Waals surface area contributed by atoms with Crippen molar-refractivity contribution in [1.29, 1.82) is 0 Å². The Morgan fingerprint density at radius 3 is 2.65 bits per heavy atom. The molecule has 1 aromatic carbocycles. The first kappa shape index (κ1) is 12.1. The number of phenols is 2. The minimum atomic E-state index is -0.464. The Morgan fingerprint density at radius 2 is 1.95 bits per heavy atom. The molecule has 0 saturated carbocycles. The van der Waals surface area contributed by atoms with E-state index in [-0.39, 0.29) is 28.8 Å². The molecular formula is C13H8FN3O3. The van der Waals surface area contributed by atoms with Gasteiger partial charge in [0.2, 0.25) is 5.82 Å². The van der Waals surface area contributed by atoms with Gasteiger partial charge in [0, 0.05) is 6.07 Å². The van der Waals surface area contributed by atoms with Crippen LogP contribution in [-0.2, 0) is 0 Å². The first-order chi connectivity index (χ1) is 9.63. The third-order valence-electron chi connectivity index (χ3n) is 2.59. The van der Waals surface area contributed by atoms with E-state index < -0.39 is 5.82 Å². The molecule has 0 spiro atoms. The number of aromatic hydroxyl groups is 2. The molecule has 20 heavy (non-hydrogen) atoms. The highest BCUT2D eigenvalue weighted by molar-refractivity contribution is 5.65. The van der Waals surface area contributed by atoms with Gasteiger partial charge in [-0.05, 0) is 24.3 Å². The molecule has 0 aliphatic rings. The third kappa shape index (κ3) is 2.16. The van der Waals surface area contributed by atoms with Crippen LogP contribution in [0.2, 0.25) is 0 Å². The Morgan fingerprint density at radius 1 is 1.10 bits per heavy atom. The van der Waals surface area contributed by atoms with Crippen LogP contribution < -0.4 is 0 Å². The standard InChI is InChI=1S/C13H8FN3O3/c14-7-1-4-10(15-6-7)12-16-13(20-17-12)9-3-2-8(18)5-11(9)19/h1-6,18-19H. The zero-order valence-corrected chi connectivity index (χ0v) is 9.99. The molecule has 3 aromatic rings. The zero-order valence-electron chi connectivity index (χ0n) is 9.99. The summed E-state index contributed by atoms with van der Waals surface area (Å²) in [5.74, 6) is -0.483.